The molecule has 3 nitrogen and oxygen atoms in total. The van der Waals surface area contributed by atoms with E-state index in [1.165, 1.54) is 36.8 Å². The molecular formula is C21H39NO2. The van der Waals surface area contributed by atoms with Gasteiger partial charge in [0.25, 0.3) is 0 Å². The quantitative estimate of drug-likeness (QED) is 0.783. The fourth-order valence-corrected chi connectivity index (χ4v) is 3.33. The summed E-state index contributed by atoms with van der Waals surface area (Å²) in [5, 5.41) is 2.75. The summed E-state index contributed by atoms with van der Waals surface area (Å²) >= 11 is 0. The first-order valence-electron chi connectivity index (χ1n) is 9.71. The van der Waals surface area contributed by atoms with Gasteiger partial charge in [-0.2, -0.15) is 0 Å². The van der Waals surface area contributed by atoms with Crippen LogP contribution in [0.3, 0.4) is 0 Å². The molecule has 3 heteroatoms. The molecule has 1 heterocycles. The minimum Gasteiger partial charge on any atom is -0.493 e. The van der Waals surface area contributed by atoms with Gasteiger partial charge in [0.2, 0.25) is 0 Å². The minimum atomic E-state index is 0.380. The van der Waals surface area contributed by atoms with Crippen LogP contribution in [0.1, 0.15) is 77.3 Å². The average Bonchev–Trinajstić information content (AvgIpc) is 3.01. The van der Waals surface area contributed by atoms with E-state index in [1.54, 1.807) is 7.11 Å². The Balaban J connectivity index is 0.000000667. The summed E-state index contributed by atoms with van der Waals surface area (Å²) in [7, 11) is 5.48. The van der Waals surface area contributed by atoms with Crippen molar-refractivity contribution in [1.29, 1.82) is 0 Å². The molecule has 2 unspecified atom stereocenters. The summed E-state index contributed by atoms with van der Waals surface area (Å²) in [4.78, 5) is 0. The summed E-state index contributed by atoms with van der Waals surface area (Å²) in [5.74, 6) is 2.56. The standard InChI is InChI=1S/C15H20O2.C2H7N.2C2H6/c1-3-5-12-11-7-4-6-10-8-9-13(16-2)15(17-12)14(10)11;1-3-2;2*1-2/h8-9,11-12H,3-7H2,1-2H3;3H,1-2H3;2*1-2H3. The van der Waals surface area contributed by atoms with E-state index < -0.39 is 0 Å². The molecule has 0 bridgehead atoms. The summed E-state index contributed by atoms with van der Waals surface area (Å²) in [5.41, 5.74) is 2.93. The predicted molar refractivity (Wildman–Crippen MR) is 106 cm³/mol. The molecule has 2 aliphatic rings. The molecule has 1 aliphatic carbocycles. The van der Waals surface area contributed by atoms with E-state index in [2.05, 4.69) is 24.4 Å². The van der Waals surface area contributed by atoms with Gasteiger partial charge in [-0.3, -0.25) is 0 Å². The van der Waals surface area contributed by atoms with Crippen molar-refractivity contribution in [2.24, 2.45) is 0 Å². The molecule has 1 aromatic carbocycles. The van der Waals surface area contributed by atoms with E-state index in [0.717, 1.165) is 17.9 Å². The summed E-state index contributed by atoms with van der Waals surface area (Å²) in [6.45, 7) is 10.2. The Morgan fingerprint density at radius 3 is 2.33 bits per heavy atom. The van der Waals surface area contributed by atoms with E-state index in [4.69, 9.17) is 9.47 Å². The Hall–Kier alpha value is -1.22. The van der Waals surface area contributed by atoms with Crippen LogP contribution in [0.2, 0.25) is 0 Å². The molecular weight excluding hydrogens is 298 g/mol. The Bertz CT molecular complexity index is 446. The lowest BCUT2D eigenvalue weighted by Crippen LogP contribution is -2.20. The van der Waals surface area contributed by atoms with E-state index in [0.29, 0.717) is 12.0 Å². The van der Waals surface area contributed by atoms with E-state index in [1.807, 2.05) is 41.8 Å². The van der Waals surface area contributed by atoms with Crippen molar-refractivity contribution in [2.45, 2.75) is 78.7 Å². The van der Waals surface area contributed by atoms with E-state index in [-0.39, 0.29) is 0 Å². The average molecular weight is 338 g/mol. The molecule has 1 aliphatic heterocycles. The lowest BCUT2D eigenvalue weighted by Gasteiger charge is -2.23. The van der Waals surface area contributed by atoms with Crippen molar-refractivity contribution in [2.75, 3.05) is 21.2 Å². The molecule has 0 spiro atoms. The Morgan fingerprint density at radius 1 is 1.17 bits per heavy atom. The van der Waals surface area contributed by atoms with Crippen LogP contribution in [0.4, 0.5) is 0 Å². The third-order valence-electron chi connectivity index (χ3n) is 4.09. The highest BCUT2D eigenvalue weighted by atomic mass is 16.5. The fourth-order valence-electron chi connectivity index (χ4n) is 3.33. The molecule has 1 aromatic rings. The number of methoxy groups -OCH3 is 1. The number of benzene rings is 1. The molecule has 0 radical (unpaired) electrons. The van der Waals surface area contributed by atoms with Gasteiger partial charge in [0.05, 0.1) is 7.11 Å². The third-order valence-corrected chi connectivity index (χ3v) is 4.09. The largest absolute Gasteiger partial charge is 0.493 e. The molecule has 24 heavy (non-hydrogen) atoms. The van der Waals surface area contributed by atoms with Crippen molar-refractivity contribution in [3.05, 3.63) is 23.3 Å². The molecule has 140 valence electrons. The van der Waals surface area contributed by atoms with Crippen LogP contribution in [0.5, 0.6) is 11.5 Å². The first-order chi connectivity index (χ1) is 11.8. The monoisotopic (exact) mass is 337 g/mol. The number of hydrogen-bond donors (Lipinski definition) is 1. The van der Waals surface area contributed by atoms with E-state index in [9.17, 15) is 0 Å². The summed E-state index contributed by atoms with van der Waals surface area (Å²) in [6, 6.07) is 4.28. The normalized spacial score (nSPS) is 19.2. The zero-order valence-corrected chi connectivity index (χ0v) is 17.2. The zero-order valence-electron chi connectivity index (χ0n) is 17.2. The zero-order chi connectivity index (χ0) is 18.5. The number of rotatable bonds is 3. The van der Waals surface area contributed by atoms with Gasteiger partial charge < -0.3 is 14.8 Å². The van der Waals surface area contributed by atoms with Crippen molar-refractivity contribution in [1.82, 2.24) is 5.32 Å². The minimum absolute atomic E-state index is 0.380. The molecule has 0 saturated heterocycles. The molecule has 0 amide bonds. The fraction of sp³-hybridized carbons (Fsp3) is 0.714. The van der Waals surface area contributed by atoms with Crippen molar-refractivity contribution in [3.63, 3.8) is 0 Å². The maximum absolute atomic E-state index is 6.17. The van der Waals surface area contributed by atoms with Crippen LogP contribution in [-0.4, -0.2) is 27.3 Å². The van der Waals surface area contributed by atoms with Gasteiger partial charge in [-0.05, 0) is 51.4 Å². The highest BCUT2D eigenvalue weighted by molar-refractivity contribution is 5.56. The number of nitrogens with one attached hydrogen (secondary N) is 1. The number of hydrogen-bond acceptors (Lipinski definition) is 3. The lowest BCUT2D eigenvalue weighted by atomic mass is 9.80. The van der Waals surface area contributed by atoms with Crippen molar-refractivity contribution < 1.29 is 9.47 Å². The van der Waals surface area contributed by atoms with Crippen LogP contribution in [0, 0.1) is 0 Å². The number of aryl methyl sites for hydroxylation is 1. The van der Waals surface area contributed by atoms with Gasteiger partial charge in [-0.15, -0.1) is 0 Å². The van der Waals surface area contributed by atoms with Gasteiger partial charge in [0, 0.05) is 11.5 Å². The second-order valence-electron chi connectivity index (χ2n) is 5.61. The van der Waals surface area contributed by atoms with Crippen LogP contribution in [0.15, 0.2) is 12.1 Å². The van der Waals surface area contributed by atoms with Crippen LogP contribution in [0.25, 0.3) is 0 Å². The third kappa shape index (κ3) is 5.41. The molecule has 0 saturated carbocycles. The smallest absolute Gasteiger partial charge is 0.165 e. The molecule has 2 atom stereocenters. The first kappa shape index (κ1) is 22.8. The van der Waals surface area contributed by atoms with Crippen molar-refractivity contribution in [3.8, 4) is 11.5 Å². The van der Waals surface area contributed by atoms with Crippen LogP contribution < -0.4 is 14.8 Å². The van der Waals surface area contributed by atoms with Crippen LogP contribution >= 0.6 is 0 Å². The van der Waals surface area contributed by atoms with Gasteiger partial charge >= 0.3 is 0 Å². The summed E-state index contributed by atoms with van der Waals surface area (Å²) < 4.78 is 11.6. The lowest BCUT2D eigenvalue weighted by molar-refractivity contribution is 0.181. The Labute approximate surface area is 150 Å². The van der Waals surface area contributed by atoms with Crippen LogP contribution in [-0.2, 0) is 6.42 Å². The maximum Gasteiger partial charge on any atom is 0.165 e. The van der Waals surface area contributed by atoms with Gasteiger partial charge in [0.1, 0.15) is 6.10 Å². The van der Waals surface area contributed by atoms with Gasteiger partial charge in [0.15, 0.2) is 11.5 Å². The second-order valence-corrected chi connectivity index (χ2v) is 5.61. The molecule has 1 N–H and O–H groups in total. The SMILES string of the molecule is CC.CC.CCCC1Oc2c(OC)ccc3c2C1CCC3.CNC. The second kappa shape index (κ2) is 13.1. The molecule has 0 fully saturated rings. The van der Waals surface area contributed by atoms with Gasteiger partial charge in [-0.1, -0.05) is 47.1 Å². The predicted octanol–water partition coefficient (Wildman–Crippen LogP) is 5.56. The summed E-state index contributed by atoms with van der Waals surface area (Å²) in [6.07, 6.45) is 6.50. The molecule has 0 aromatic heterocycles. The first-order valence-corrected chi connectivity index (χ1v) is 9.71. The van der Waals surface area contributed by atoms with Gasteiger partial charge in [-0.25, -0.2) is 0 Å². The van der Waals surface area contributed by atoms with E-state index >= 15 is 0 Å². The topological polar surface area (TPSA) is 30.5 Å². The number of ether oxygens (including phenoxy) is 2. The van der Waals surface area contributed by atoms with Crippen molar-refractivity contribution >= 4 is 0 Å². The Morgan fingerprint density at radius 2 is 1.79 bits per heavy atom. The molecule has 3 rings (SSSR count). The highest BCUT2D eigenvalue weighted by Gasteiger charge is 2.39. The highest BCUT2D eigenvalue weighted by Crippen LogP contribution is 2.51. The Kier molecular flexibility index (Phi) is 12.4. The maximum atomic E-state index is 6.17.